The lowest BCUT2D eigenvalue weighted by atomic mass is 9.84. The molecule has 4 unspecified atom stereocenters. The number of alkyl halides is 1. The average molecular weight is 279 g/mol. The fourth-order valence-electron chi connectivity index (χ4n) is 3.37. The van der Waals surface area contributed by atoms with E-state index in [1.807, 2.05) is 0 Å². The Hall–Kier alpha value is -0.300. The third kappa shape index (κ3) is 2.07. The molecule has 3 rings (SSSR count). The van der Waals surface area contributed by atoms with Gasteiger partial charge >= 0.3 is 0 Å². The van der Waals surface area contributed by atoms with Crippen LogP contribution in [0, 0.1) is 11.8 Å². The Morgan fingerprint density at radius 3 is 2.44 bits per heavy atom. The summed E-state index contributed by atoms with van der Waals surface area (Å²) >= 11 is 3.90. The number of benzene rings is 1. The van der Waals surface area contributed by atoms with Gasteiger partial charge in [0.15, 0.2) is 0 Å². The van der Waals surface area contributed by atoms with Gasteiger partial charge in [-0.1, -0.05) is 59.1 Å². The van der Waals surface area contributed by atoms with Crippen molar-refractivity contribution in [2.45, 2.75) is 42.8 Å². The van der Waals surface area contributed by atoms with E-state index < -0.39 is 0 Å². The summed E-state index contributed by atoms with van der Waals surface area (Å²) in [5.74, 6) is 2.77. The molecule has 0 spiro atoms. The molecule has 0 N–H and O–H groups in total. The molecule has 4 atom stereocenters. The van der Waals surface area contributed by atoms with Gasteiger partial charge in [-0.3, -0.25) is 0 Å². The van der Waals surface area contributed by atoms with Gasteiger partial charge in [-0.15, -0.1) is 0 Å². The molecule has 0 bridgehead atoms. The fourth-order valence-corrected chi connectivity index (χ4v) is 4.35. The van der Waals surface area contributed by atoms with E-state index in [1.165, 1.54) is 32.1 Å². The molecule has 86 valence electrons. The summed E-state index contributed by atoms with van der Waals surface area (Å²) in [5.41, 5.74) is 1.57. The second-order valence-electron chi connectivity index (χ2n) is 5.38. The molecule has 0 saturated heterocycles. The summed E-state index contributed by atoms with van der Waals surface area (Å²) in [4.78, 5) is 0.792. The monoisotopic (exact) mass is 278 g/mol. The number of rotatable bonds is 2. The minimum absolute atomic E-state index is 0.792. The zero-order valence-corrected chi connectivity index (χ0v) is 11.2. The van der Waals surface area contributed by atoms with Crippen LogP contribution in [0.2, 0.25) is 0 Å². The first-order valence-corrected chi connectivity index (χ1v) is 7.47. The molecule has 2 aliphatic rings. The van der Waals surface area contributed by atoms with Crippen molar-refractivity contribution in [3.8, 4) is 0 Å². The molecule has 16 heavy (non-hydrogen) atoms. The Labute approximate surface area is 107 Å². The van der Waals surface area contributed by atoms with E-state index in [-0.39, 0.29) is 0 Å². The van der Waals surface area contributed by atoms with Crippen molar-refractivity contribution < 1.29 is 0 Å². The van der Waals surface area contributed by atoms with Crippen LogP contribution in [0.3, 0.4) is 0 Å². The van der Waals surface area contributed by atoms with Crippen molar-refractivity contribution in [2.24, 2.45) is 11.8 Å². The van der Waals surface area contributed by atoms with Gasteiger partial charge < -0.3 is 0 Å². The van der Waals surface area contributed by atoms with Gasteiger partial charge in [0.05, 0.1) is 0 Å². The van der Waals surface area contributed by atoms with Gasteiger partial charge in [0.1, 0.15) is 0 Å². The van der Waals surface area contributed by atoms with Gasteiger partial charge in [-0.05, 0) is 42.6 Å². The van der Waals surface area contributed by atoms with E-state index in [0.717, 1.165) is 22.6 Å². The van der Waals surface area contributed by atoms with E-state index in [9.17, 15) is 0 Å². The lowest BCUT2D eigenvalue weighted by Crippen LogP contribution is -2.21. The van der Waals surface area contributed by atoms with Crippen molar-refractivity contribution in [3.63, 3.8) is 0 Å². The Balaban J connectivity index is 1.67. The van der Waals surface area contributed by atoms with Gasteiger partial charge in [-0.25, -0.2) is 0 Å². The minimum Gasteiger partial charge on any atom is -0.0888 e. The summed E-state index contributed by atoms with van der Waals surface area (Å²) in [6.45, 7) is 0. The van der Waals surface area contributed by atoms with Crippen LogP contribution in [0.4, 0.5) is 0 Å². The molecule has 1 aromatic rings. The molecule has 0 nitrogen and oxygen atoms in total. The highest BCUT2D eigenvalue weighted by atomic mass is 79.9. The topological polar surface area (TPSA) is 0 Å². The third-order valence-electron chi connectivity index (χ3n) is 4.35. The molecule has 0 aliphatic heterocycles. The molecule has 0 aromatic heterocycles. The maximum atomic E-state index is 3.90. The zero-order valence-electron chi connectivity index (χ0n) is 9.61. The molecule has 1 heteroatoms. The Morgan fingerprint density at radius 1 is 0.938 bits per heavy atom. The summed E-state index contributed by atoms with van der Waals surface area (Å²) < 4.78 is 0. The third-order valence-corrected chi connectivity index (χ3v) is 5.49. The van der Waals surface area contributed by atoms with Crippen LogP contribution in [-0.4, -0.2) is 4.83 Å². The summed E-state index contributed by atoms with van der Waals surface area (Å²) in [5, 5.41) is 0. The van der Waals surface area contributed by atoms with Crippen molar-refractivity contribution in [2.75, 3.05) is 0 Å². The molecular weight excluding hydrogens is 260 g/mol. The van der Waals surface area contributed by atoms with Crippen LogP contribution in [0.1, 0.15) is 43.6 Å². The summed E-state index contributed by atoms with van der Waals surface area (Å²) in [7, 11) is 0. The molecule has 2 fully saturated rings. The average Bonchev–Trinajstić information content (AvgIpc) is 3.11. The number of hydrogen-bond donors (Lipinski definition) is 0. The highest BCUT2D eigenvalue weighted by molar-refractivity contribution is 9.09. The van der Waals surface area contributed by atoms with E-state index in [0.29, 0.717) is 0 Å². The predicted octanol–water partition coefficient (Wildman–Crippen LogP) is 4.74. The van der Waals surface area contributed by atoms with Crippen LogP contribution >= 0.6 is 15.9 Å². The first-order valence-electron chi connectivity index (χ1n) is 6.55. The first kappa shape index (κ1) is 10.8. The zero-order chi connectivity index (χ0) is 11.0. The quantitative estimate of drug-likeness (QED) is 0.686. The number of hydrogen-bond acceptors (Lipinski definition) is 0. The molecule has 0 amide bonds. The van der Waals surface area contributed by atoms with Crippen LogP contribution in [0.5, 0.6) is 0 Å². The maximum Gasteiger partial charge on any atom is 0.0176 e. The van der Waals surface area contributed by atoms with Crippen molar-refractivity contribution in [1.82, 2.24) is 0 Å². The van der Waals surface area contributed by atoms with Crippen molar-refractivity contribution >= 4 is 15.9 Å². The second-order valence-corrected chi connectivity index (χ2v) is 6.56. The largest absolute Gasteiger partial charge is 0.0888 e. The van der Waals surface area contributed by atoms with Gasteiger partial charge in [-0.2, -0.15) is 0 Å². The first-order chi connectivity index (χ1) is 7.86. The minimum atomic E-state index is 0.792. The van der Waals surface area contributed by atoms with Crippen molar-refractivity contribution in [3.05, 3.63) is 35.9 Å². The van der Waals surface area contributed by atoms with Gasteiger partial charge in [0.25, 0.3) is 0 Å². The van der Waals surface area contributed by atoms with E-state index in [2.05, 4.69) is 46.3 Å². The van der Waals surface area contributed by atoms with E-state index in [1.54, 1.807) is 5.56 Å². The molecular formula is C15H19Br. The summed E-state index contributed by atoms with van der Waals surface area (Å²) in [6.07, 6.45) is 7.14. The molecule has 1 aromatic carbocycles. The Morgan fingerprint density at radius 2 is 1.69 bits per heavy atom. The van der Waals surface area contributed by atoms with E-state index >= 15 is 0 Å². The predicted molar refractivity (Wildman–Crippen MR) is 72.0 cm³/mol. The highest BCUT2D eigenvalue weighted by Gasteiger charge is 2.46. The number of halogens is 1. The standard InChI is InChI=1S/C15H19Br/c16-15-9-5-4-8-12(15)14-10-13(14)11-6-2-1-3-7-11/h1-3,6-7,12-15H,4-5,8-10H2. The van der Waals surface area contributed by atoms with E-state index in [4.69, 9.17) is 0 Å². The van der Waals surface area contributed by atoms with Gasteiger partial charge in [0, 0.05) is 4.83 Å². The van der Waals surface area contributed by atoms with Crippen LogP contribution < -0.4 is 0 Å². The molecule has 0 radical (unpaired) electrons. The lowest BCUT2D eigenvalue weighted by Gasteiger charge is -2.27. The molecule has 2 saturated carbocycles. The van der Waals surface area contributed by atoms with Crippen LogP contribution in [0.25, 0.3) is 0 Å². The highest BCUT2D eigenvalue weighted by Crippen LogP contribution is 2.56. The smallest absolute Gasteiger partial charge is 0.0176 e. The lowest BCUT2D eigenvalue weighted by molar-refractivity contribution is 0.333. The normalized spacial score (nSPS) is 38.3. The SMILES string of the molecule is BrC1CCCCC1C1CC1c1ccccc1. The van der Waals surface area contributed by atoms with Crippen molar-refractivity contribution in [1.29, 1.82) is 0 Å². The summed E-state index contributed by atoms with van der Waals surface area (Å²) in [6, 6.07) is 11.1. The molecule has 2 aliphatic carbocycles. The maximum absolute atomic E-state index is 3.90. The molecule has 0 heterocycles. The van der Waals surface area contributed by atoms with Crippen LogP contribution in [0.15, 0.2) is 30.3 Å². The van der Waals surface area contributed by atoms with Gasteiger partial charge in [0.2, 0.25) is 0 Å². The second kappa shape index (κ2) is 4.52. The van der Waals surface area contributed by atoms with Crippen LogP contribution in [-0.2, 0) is 0 Å². The Bertz CT molecular complexity index is 346. The fraction of sp³-hybridized carbons (Fsp3) is 0.600. The Kier molecular flexibility index (Phi) is 3.06.